The Morgan fingerprint density at radius 1 is 1.17 bits per heavy atom. The molecule has 8 heteroatoms. The van der Waals surface area contributed by atoms with E-state index in [2.05, 4.69) is 20.8 Å². The first-order valence-corrected chi connectivity index (χ1v) is 8.24. The van der Waals surface area contributed by atoms with Gasteiger partial charge in [-0.2, -0.15) is 0 Å². The van der Waals surface area contributed by atoms with Crippen molar-refractivity contribution >= 4 is 46.2 Å². The van der Waals surface area contributed by atoms with Crippen LogP contribution in [0.2, 0.25) is 5.02 Å². The van der Waals surface area contributed by atoms with Crippen LogP contribution in [0.25, 0.3) is 0 Å². The van der Waals surface area contributed by atoms with Gasteiger partial charge in [-0.25, -0.2) is 4.39 Å². The first-order valence-electron chi connectivity index (χ1n) is 6.98. The third kappa shape index (κ3) is 4.27. The number of hydrogen-bond donors (Lipinski definition) is 2. The van der Waals surface area contributed by atoms with Crippen LogP contribution in [-0.2, 0) is 11.2 Å². The molecule has 3 aromatic rings. The van der Waals surface area contributed by atoms with E-state index in [0.717, 1.165) is 4.88 Å². The average Bonchev–Trinajstić information content (AvgIpc) is 3.06. The van der Waals surface area contributed by atoms with Gasteiger partial charge in [-0.15, -0.1) is 21.5 Å². The average molecular weight is 363 g/mol. The number of carbonyl (C=O) groups excluding carboxylic acids is 1. The molecule has 1 aromatic carbocycles. The van der Waals surface area contributed by atoms with Gasteiger partial charge in [0.05, 0.1) is 11.4 Å². The Morgan fingerprint density at radius 3 is 2.62 bits per heavy atom. The topological polar surface area (TPSA) is 66.9 Å². The summed E-state index contributed by atoms with van der Waals surface area (Å²) in [6, 6.07) is 11.3. The Bertz CT molecular complexity index is 840. The summed E-state index contributed by atoms with van der Waals surface area (Å²) in [6.45, 7) is 0. The molecule has 0 atom stereocenters. The van der Waals surface area contributed by atoms with Crippen LogP contribution in [0.15, 0.2) is 47.8 Å². The van der Waals surface area contributed by atoms with Crippen molar-refractivity contribution in [2.45, 2.75) is 6.42 Å². The second kappa shape index (κ2) is 7.37. The highest BCUT2D eigenvalue weighted by Gasteiger charge is 2.07. The number of benzene rings is 1. The van der Waals surface area contributed by atoms with Gasteiger partial charge in [0.2, 0.25) is 5.91 Å². The van der Waals surface area contributed by atoms with E-state index < -0.39 is 5.82 Å². The van der Waals surface area contributed by atoms with E-state index in [4.69, 9.17) is 11.6 Å². The molecule has 0 radical (unpaired) electrons. The Morgan fingerprint density at radius 2 is 1.96 bits per heavy atom. The molecule has 0 saturated carbocycles. The van der Waals surface area contributed by atoms with Crippen LogP contribution in [0, 0.1) is 5.82 Å². The number of halogens is 2. The lowest BCUT2D eigenvalue weighted by Crippen LogP contribution is -2.15. The molecule has 1 amide bonds. The van der Waals surface area contributed by atoms with Gasteiger partial charge < -0.3 is 10.6 Å². The van der Waals surface area contributed by atoms with Crippen molar-refractivity contribution < 1.29 is 9.18 Å². The van der Waals surface area contributed by atoms with Gasteiger partial charge in [-0.3, -0.25) is 4.79 Å². The number of nitrogens with one attached hydrogen (secondary N) is 2. The molecule has 0 spiro atoms. The number of thiophene rings is 1. The van der Waals surface area contributed by atoms with Crippen LogP contribution in [0.3, 0.4) is 0 Å². The molecule has 0 bridgehead atoms. The lowest BCUT2D eigenvalue weighted by Gasteiger charge is -2.07. The number of anilines is 3. The standard InChI is InChI=1S/C16H12ClFN4OS/c17-12-8-10(3-4-13(12)18)19-14-5-6-15(22-21-14)20-16(23)9-11-2-1-7-24-11/h1-8H,9H2,(H,19,21)(H,20,22,23). The van der Waals surface area contributed by atoms with Crippen LogP contribution in [0.1, 0.15) is 4.88 Å². The molecule has 24 heavy (non-hydrogen) atoms. The molecule has 122 valence electrons. The maximum Gasteiger partial charge on any atom is 0.230 e. The molecule has 0 aliphatic carbocycles. The summed E-state index contributed by atoms with van der Waals surface area (Å²) in [4.78, 5) is 12.9. The predicted octanol–water partition coefficient (Wildman–Crippen LogP) is 4.26. The lowest BCUT2D eigenvalue weighted by molar-refractivity contribution is -0.115. The molecule has 2 N–H and O–H groups in total. The quantitative estimate of drug-likeness (QED) is 0.711. The molecule has 2 aromatic heterocycles. The summed E-state index contributed by atoms with van der Waals surface area (Å²) in [5, 5.41) is 15.5. The number of carbonyl (C=O) groups is 1. The van der Waals surface area contributed by atoms with Crippen molar-refractivity contribution in [1.29, 1.82) is 0 Å². The largest absolute Gasteiger partial charge is 0.339 e. The number of rotatable bonds is 5. The van der Waals surface area contributed by atoms with Crippen molar-refractivity contribution in [2.75, 3.05) is 10.6 Å². The van der Waals surface area contributed by atoms with Crippen molar-refractivity contribution in [3.05, 3.63) is 63.6 Å². The minimum atomic E-state index is -0.489. The molecule has 3 rings (SSSR count). The SMILES string of the molecule is O=C(Cc1cccs1)Nc1ccc(Nc2ccc(F)c(Cl)c2)nn1. The van der Waals surface area contributed by atoms with Crippen LogP contribution >= 0.6 is 22.9 Å². The van der Waals surface area contributed by atoms with E-state index in [1.54, 1.807) is 18.2 Å². The Hall–Kier alpha value is -2.51. The van der Waals surface area contributed by atoms with E-state index in [1.165, 1.54) is 23.5 Å². The van der Waals surface area contributed by atoms with Gasteiger partial charge in [0.1, 0.15) is 5.82 Å². The fraction of sp³-hybridized carbons (Fsp3) is 0.0625. The van der Waals surface area contributed by atoms with Crippen molar-refractivity contribution in [3.63, 3.8) is 0 Å². The molecular weight excluding hydrogens is 351 g/mol. The normalized spacial score (nSPS) is 10.4. The fourth-order valence-electron chi connectivity index (χ4n) is 1.95. The second-order valence-corrected chi connectivity index (χ2v) is 6.30. The highest BCUT2D eigenvalue weighted by molar-refractivity contribution is 7.10. The lowest BCUT2D eigenvalue weighted by atomic mass is 10.3. The van der Waals surface area contributed by atoms with Gasteiger partial charge in [-0.05, 0) is 41.8 Å². The maximum atomic E-state index is 13.1. The van der Waals surface area contributed by atoms with E-state index in [9.17, 15) is 9.18 Å². The van der Waals surface area contributed by atoms with Crippen LogP contribution in [0.4, 0.5) is 21.7 Å². The molecule has 5 nitrogen and oxygen atoms in total. The van der Waals surface area contributed by atoms with Crippen LogP contribution in [0.5, 0.6) is 0 Å². The summed E-state index contributed by atoms with van der Waals surface area (Å²) in [7, 11) is 0. The van der Waals surface area contributed by atoms with E-state index >= 15 is 0 Å². The third-order valence-electron chi connectivity index (χ3n) is 3.04. The number of hydrogen-bond acceptors (Lipinski definition) is 5. The Kier molecular flexibility index (Phi) is 5.02. The number of nitrogens with zero attached hydrogens (tertiary/aromatic N) is 2. The van der Waals surface area contributed by atoms with Gasteiger partial charge in [0.15, 0.2) is 11.6 Å². The molecule has 0 aliphatic heterocycles. The first kappa shape index (κ1) is 16.4. The van der Waals surface area contributed by atoms with E-state index in [-0.39, 0.29) is 10.9 Å². The van der Waals surface area contributed by atoms with Gasteiger partial charge in [-0.1, -0.05) is 17.7 Å². The zero-order valence-electron chi connectivity index (χ0n) is 12.3. The van der Waals surface area contributed by atoms with E-state index in [0.29, 0.717) is 23.7 Å². The highest BCUT2D eigenvalue weighted by Crippen LogP contribution is 2.22. The van der Waals surface area contributed by atoms with Gasteiger partial charge >= 0.3 is 0 Å². The summed E-state index contributed by atoms with van der Waals surface area (Å²) in [5.74, 6) is 0.169. The second-order valence-electron chi connectivity index (χ2n) is 4.86. The minimum absolute atomic E-state index is 0.0189. The fourth-order valence-corrected chi connectivity index (χ4v) is 2.83. The van der Waals surface area contributed by atoms with Crippen LogP contribution < -0.4 is 10.6 Å². The van der Waals surface area contributed by atoms with Crippen molar-refractivity contribution in [2.24, 2.45) is 0 Å². The summed E-state index contributed by atoms with van der Waals surface area (Å²) >= 11 is 7.25. The highest BCUT2D eigenvalue weighted by atomic mass is 35.5. The zero-order valence-corrected chi connectivity index (χ0v) is 13.9. The smallest absolute Gasteiger partial charge is 0.230 e. The Balaban J connectivity index is 1.60. The van der Waals surface area contributed by atoms with E-state index in [1.807, 2.05) is 17.5 Å². The maximum absolute atomic E-state index is 13.1. The summed E-state index contributed by atoms with van der Waals surface area (Å²) in [6.07, 6.45) is 0.299. The molecule has 0 unspecified atom stereocenters. The summed E-state index contributed by atoms with van der Waals surface area (Å²) in [5.41, 5.74) is 0.588. The molecule has 0 aliphatic rings. The van der Waals surface area contributed by atoms with Crippen LogP contribution in [-0.4, -0.2) is 16.1 Å². The van der Waals surface area contributed by atoms with Gasteiger partial charge in [0, 0.05) is 10.6 Å². The summed E-state index contributed by atoms with van der Waals surface area (Å²) < 4.78 is 13.1. The van der Waals surface area contributed by atoms with Crippen molar-refractivity contribution in [1.82, 2.24) is 10.2 Å². The molecule has 2 heterocycles. The monoisotopic (exact) mass is 362 g/mol. The minimum Gasteiger partial charge on any atom is -0.339 e. The zero-order chi connectivity index (χ0) is 16.9. The Labute approximate surface area is 146 Å². The molecule has 0 saturated heterocycles. The predicted molar refractivity (Wildman–Crippen MR) is 93.4 cm³/mol. The molecular formula is C16H12ClFN4OS. The number of aromatic nitrogens is 2. The number of amides is 1. The molecule has 0 fully saturated rings. The third-order valence-corrected chi connectivity index (χ3v) is 4.20. The van der Waals surface area contributed by atoms with Gasteiger partial charge in [0.25, 0.3) is 0 Å². The van der Waals surface area contributed by atoms with Crippen molar-refractivity contribution in [3.8, 4) is 0 Å². The first-order chi connectivity index (χ1) is 11.6.